The van der Waals surface area contributed by atoms with E-state index in [0.29, 0.717) is 12.4 Å². The van der Waals surface area contributed by atoms with E-state index in [0.717, 1.165) is 17.0 Å². The van der Waals surface area contributed by atoms with E-state index in [2.05, 4.69) is 15.4 Å². The molecule has 0 amide bonds. The van der Waals surface area contributed by atoms with Gasteiger partial charge in [-0.3, -0.25) is 14.8 Å². The van der Waals surface area contributed by atoms with Crippen LogP contribution >= 0.6 is 0 Å². The van der Waals surface area contributed by atoms with Crippen molar-refractivity contribution >= 4 is 11.5 Å². The van der Waals surface area contributed by atoms with Gasteiger partial charge in [-0.1, -0.05) is 0 Å². The lowest BCUT2D eigenvalue weighted by Crippen LogP contribution is -2.24. The van der Waals surface area contributed by atoms with E-state index in [9.17, 15) is 10.1 Å². The standard InChI is InChI=1S/C14H19N5O2/c1-9-5-13(19(20)21)7-15-14(9)16-11(3)8-18-12(4)6-10(2)17-18/h5-7,11H,8H2,1-4H3,(H,15,16). The minimum absolute atomic E-state index is 0.00393. The Morgan fingerprint density at radius 3 is 2.62 bits per heavy atom. The Morgan fingerprint density at radius 1 is 1.38 bits per heavy atom. The Labute approximate surface area is 123 Å². The van der Waals surface area contributed by atoms with Gasteiger partial charge in [0.25, 0.3) is 5.69 Å². The van der Waals surface area contributed by atoms with Crippen LogP contribution < -0.4 is 5.32 Å². The summed E-state index contributed by atoms with van der Waals surface area (Å²) in [7, 11) is 0. The van der Waals surface area contributed by atoms with Crippen molar-refractivity contribution < 1.29 is 4.92 Å². The first kappa shape index (κ1) is 15.0. The van der Waals surface area contributed by atoms with Crippen LogP contribution in [0.5, 0.6) is 0 Å². The second-order valence-corrected chi connectivity index (χ2v) is 5.27. The van der Waals surface area contributed by atoms with Crippen molar-refractivity contribution in [1.29, 1.82) is 0 Å². The Kier molecular flexibility index (Phi) is 4.21. The number of pyridine rings is 1. The highest BCUT2D eigenvalue weighted by molar-refractivity contribution is 5.48. The summed E-state index contributed by atoms with van der Waals surface area (Å²) >= 11 is 0. The number of nitro groups is 1. The van der Waals surface area contributed by atoms with E-state index in [-0.39, 0.29) is 11.7 Å². The van der Waals surface area contributed by atoms with Crippen LogP contribution in [-0.2, 0) is 6.54 Å². The third-order valence-corrected chi connectivity index (χ3v) is 3.21. The average Bonchev–Trinajstić information content (AvgIpc) is 2.70. The van der Waals surface area contributed by atoms with Crippen molar-refractivity contribution in [1.82, 2.24) is 14.8 Å². The molecule has 1 atom stereocenters. The van der Waals surface area contributed by atoms with Gasteiger partial charge in [0.2, 0.25) is 0 Å². The second kappa shape index (κ2) is 5.90. The van der Waals surface area contributed by atoms with Crippen molar-refractivity contribution in [2.24, 2.45) is 0 Å². The molecule has 2 aromatic rings. The molecule has 1 unspecified atom stereocenters. The van der Waals surface area contributed by atoms with E-state index in [4.69, 9.17) is 0 Å². The molecule has 0 aliphatic heterocycles. The van der Waals surface area contributed by atoms with Crippen LogP contribution in [-0.4, -0.2) is 25.7 Å². The van der Waals surface area contributed by atoms with Crippen LogP contribution in [0, 0.1) is 30.9 Å². The molecule has 0 saturated carbocycles. The second-order valence-electron chi connectivity index (χ2n) is 5.27. The maximum Gasteiger partial charge on any atom is 0.287 e. The maximum atomic E-state index is 10.7. The number of aryl methyl sites for hydroxylation is 3. The van der Waals surface area contributed by atoms with Crippen molar-refractivity contribution in [2.45, 2.75) is 40.3 Å². The molecule has 7 nitrogen and oxygen atoms in total. The van der Waals surface area contributed by atoms with Crippen molar-refractivity contribution in [2.75, 3.05) is 5.32 Å². The largest absolute Gasteiger partial charge is 0.366 e. The molecule has 0 radical (unpaired) electrons. The zero-order chi connectivity index (χ0) is 15.6. The van der Waals surface area contributed by atoms with Gasteiger partial charge in [-0.05, 0) is 39.3 Å². The van der Waals surface area contributed by atoms with Crippen LogP contribution in [0.2, 0.25) is 0 Å². The van der Waals surface area contributed by atoms with E-state index < -0.39 is 4.92 Å². The first-order chi connectivity index (χ1) is 9.86. The first-order valence-corrected chi connectivity index (χ1v) is 6.75. The highest BCUT2D eigenvalue weighted by atomic mass is 16.6. The fourth-order valence-electron chi connectivity index (χ4n) is 2.21. The first-order valence-electron chi connectivity index (χ1n) is 6.75. The van der Waals surface area contributed by atoms with Gasteiger partial charge in [-0.25, -0.2) is 4.98 Å². The minimum atomic E-state index is -0.441. The monoisotopic (exact) mass is 289 g/mol. The summed E-state index contributed by atoms with van der Waals surface area (Å²) in [5.41, 5.74) is 2.85. The number of rotatable bonds is 5. The molecule has 0 saturated heterocycles. The number of hydrogen-bond acceptors (Lipinski definition) is 5. The molecule has 0 aliphatic rings. The molecule has 7 heteroatoms. The van der Waals surface area contributed by atoms with E-state index in [1.54, 1.807) is 6.92 Å². The number of nitrogens with zero attached hydrogens (tertiary/aromatic N) is 4. The fourth-order valence-corrected chi connectivity index (χ4v) is 2.21. The molecular formula is C14H19N5O2. The molecule has 0 aliphatic carbocycles. The zero-order valence-corrected chi connectivity index (χ0v) is 12.6. The minimum Gasteiger partial charge on any atom is -0.366 e. The van der Waals surface area contributed by atoms with Gasteiger partial charge in [0.1, 0.15) is 12.0 Å². The Hall–Kier alpha value is -2.44. The van der Waals surface area contributed by atoms with Crippen LogP contribution in [0.3, 0.4) is 0 Å². The summed E-state index contributed by atoms with van der Waals surface area (Å²) < 4.78 is 1.94. The molecule has 2 rings (SSSR count). The van der Waals surface area contributed by atoms with Gasteiger partial charge in [-0.2, -0.15) is 5.10 Å². The maximum absolute atomic E-state index is 10.7. The molecule has 0 spiro atoms. The predicted octanol–water partition coefficient (Wildman–Crippen LogP) is 2.61. The Balaban J connectivity index is 2.07. The van der Waals surface area contributed by atoms with Gasteiger partial charge in [0.05, 0.1) is 17.2 Å². The normalized spacial score (nSPS) is 12.2. The lowest BCUT2D eigenvalue weighted by molar-refractivity contribution is -0.385. The van der Waals surface area contributed by atoms with Crippen LogP contribution in [0.4, 0.5) is 11.5 Å². The highest BCUT2D eigenvalue weighted by Gasteiger charge is 2.12. The lowest BCUT2D eigenvalue weighted by atomic mass is 10.2. The predicted molar refractivity (Wildman–Crippen MR) is 80.4 cm³/mol. The van der Waals surface area contributed by atoms with E-state index >= 15 is 0 Å². The smallest absolute Gasteiger partial charge is 0.287 e. The number of hydrogen-bond donors (Lipinski definition) is 1. The summed E-state index contributed by atoms with van der Waals surface area (Å²) in [5.74, 6) is 0.662. The van der Waals surface area contributed by atoms with Crippen LogP contribution in [0.25, 0.3) is 0 Å². The Bertz CT molecular complexity index is 665. The average molecular weight is 289 g/mol. The van der Waals surface area contributed by atoms with Gasteiger partial charge < -0.3 is 5.32 Å². The number of aromatic nitrogens is 3. The summed E-state index contributed by atoms with van der Waals surface area (Å²) in [4.78, 5) is 14.4. The van der Waals surface area contributed by atoms with Gasteiger partial charge in [0, 0.05) is 17.8 Å². The summed E-state index contributed by atoms with van der Waals surface area (Å²) in [6.45, 7) is 8.51. The number of nitrogens with one attached hydrogen (secondary N) is 1. The molecule has 2 heterocycles. The van der Waals surface area contributed by atoms with E-state index in [1.807, 2.05) is 31.5 Å². The van der Waals surface area contributed by atoms with Crippen molar-refractivity contribution in [3.05, 3.63) is 45.4 Å². The summed E-state index contributed by atoms with van der Waals surface area (Å²) in [5, 5.41) is 18.4. The molecule has 1 N–H and O–H groups in total. The number of anilines is 1. The van der Waals surface area contributed by atoms with E-state index in [1.165, 1.54) is 12.3 Å². The van der Waals surface area contributed by atoms with Crippen LogP contribution in [0.15, 0.2) is 18.3 Å². The topological polar surface area (TPSA) is 85.9 Å². The molecule has 0 bridgehead atoms. The van der Waals surface area contributed by atoms with Gasteiger partial charge in [-0.15, -0.1) is 0 Å². The Morgan fingerprint density at radius 2 is 2.10 bits per heavy atom. The van der Waals surface area contributed by atoms with Gasteiger partial charge >= 0.3 is 0 Å². The van der Waals surface area contributed by atoms with Gasteiger partial charge in [0.15, 0.2) is 0 Å². The van der Waals surface area contributed by atoms with Crippen LogP contribution in [0.1, 0.15) is 23.9 Å². The molecule has 0 aromatic carbocycles. The molecule has 2 aromatic heterocycles. The lowest BCUT2D eigenvalue weighted by Gasteiger charge is -2.16. The summed E-state index contributed by atoms with van der Waals surface area (Å²) in [6.07, 6.45) is 1.27. The van der Waals surface area contributed by atoms with Crippen molar-refractivity contribution in [3.63, 3.8) is 0 Å². The third-order valence-electron chi connectivity index (χ3n) is 3.21. The molecular weight excluding hydrogens is 270 g/mol. The highest BCUT2D eigenvalue weighted by Crippen LogP contribution is 2.18. The zero-order valence-electron chi connectivity index (χ0n) is 12.6. The quantitative estimate of drug-likeness (QED) is 0.675. The fraction of sp³-hybridized carbons (Fsp3) is 0.429. The summed E-state index contributed by atoms with van der Waals surface area (Å²) in [6, 6.07) is 3.66. The SMILES string of the molecule is Cc1cc(C)n(CC(C)Nc2ncc([N+](=O)[O-])cc2C)n1. The molecule has 21 heavy (non-hydrogen) atoms. The third kappa shape index (κ3) is 3.56. The molecule has 0 fully saturated rings. The molecule has 112 valence electrons. The van der Waals surface area contributed by atoms with Crippen molar-refractivity contribution in [3.8, 4) is 0 Å².